The van der Waals surface area contributed by atoms with E-state index in [-0.39, 0.29) is 0 Å². The molecule has 6 heteroatoms. The molecule has 0 unspecified atom stereocenters. The molecule has 0 amide bonds. The summed E-state index contributed by atoms with van der Waals surface area (Å²) < 4.78 is 20.3. The predicted molar refractivity (Wildman–Crippen MR) is 227 cm³/mol. The van der Waals surface area contributed by atoms with E-state index in [0.29, 0.717) is 0 Å². The van der Waals surface area contributed by atoms with Gasteiger partial charge in [0.15, 0.2) is 0 Å². The molecule has 0 atom stereocenters. The number of benzene rings is 8. The van der Waals surface area contributed by atoms with E-state index in [0.717, 1.165) is 115 Å². The molecule has 8 aromatic carbocycles. The maximum atomic E-state index is 6.48. The maximum Gasteiger partial charge on any atom is 0.137 e. The van der Waals surface area contributed by atoms with Crippen LogP contribution >= 0.6 is 11.3 Å². The lowest BCUT2D eigenvalue weighted by atomic mass is 10.0. The lowest BCUT2D eigenvalue weighted by Gasteiger charge is -2.25. The summed E-state index contributed by atoms with van der Waals surface area (Å²) in [6.45, 7) is 0. The number of rotatable bonds is 5. The Morgan fingerprint density at radius 2 is 0.927 bits per heavy atom. The highest BCUT2D eigenvalue weighted by molar-refractivity contribution is 7.22. The van der Waals surface area contributed by atoms with Gasteiger partial charge in [-0.1, -0.05) is 84.9 Å². The molecule has 0 saturated carbocycles. The fraction of sp³-hybridized carbons (Fsp3) is 0. The van der Waals surface area contributed by atoms with Gasteiger partial charge in [0.1, 0.15) is 38.5 Å². The molecule has 0 aliphatic carbocycles. The number of anilines is 3. The minimum Gasteiger partial charge on any atom is -0.456 e. The van der Waals surface area contributed by atoms with Gasteiger partial charge in [-0.15, -0.1) is 11.3 Å². The van der Waals surface area contributed by atoms with E-state index in [1.165, 1.54) is 0 Å². The first-order chi connectivity index (χ1) is 27.2. The van der Waals surface area contributed by atoms with E-state index in [2.05, 4.69) is 138 Å². The van der Waals surface area contributed by atoms with E-state index in [9.17, 15) is 0 Å². The van der Waals surface area contributed by atoms with Crippen LogP contribution in [0.5, 0.6) is 0 Å². The number of aromatic nitrogens is 1. The smallest absolute Gasteiger partial charge is 0.137 e. The van der Waals surface area contributed by atoms with E-state index in [4.69, 9.17) is 18.2 Å². The molecule has 0 aliphatic heterocycles. The first kappa shape index (κ1) is 30.3. The summed E-state index contributed by atoms with van der Waals surface area (Å²) in [5.74, 6) is 0. The molecular formula is C49H28N2O3S. The topological polar surface area (TPSA) is 55.6 Å². The Balaban J connectivity index is 0.956. The van der Waals surface area contributed by atoms with Crippen LogP contribution in [-0.2, 0) is 0 Å². The molecular weight excluding hydrogens is 697 g/mol. The third-order valence-corrected chi connectivity index (χ3v) is 11.8. The molecule has 5 nitrogen and oxygen atoms in total. The van der Waals surface area contributed by atoms with Crippen molar-refractivity contribution in [1.82, 2.24) is 4.98 Å². The summed E-state index contributed by atoms with van der Waals surface area (Å²) in [7, 11) is 0. The van der Waals surface area contributed by atoms with Gasteiger partial charge >= 0.3 is 0 Å². The lowest BCUT2D eigenvalue weighted by Crippen LogP contribution is -2.09. The number of furan rings is 3. The fourth-order valence-electron chi connectivity index (χ4n) is 8.09. The molecule has 0 fully saturated rings. The highest BCUT2D eigenvalue weighted by Gasteiger charge is 2.19. The molecule has 258 valence electrons. The van der Waals surface area contributed by atoms with Crippen molar-refractivity contribution < 1.29 is 13.3 Å². The second-order valence-electron chi connectivity index (χ2n) is 13.9. The van der Waals surface area contributed by atoms with E-state index in [1.807, 2.05) is 36.4 Å². The zero-order chi connectivity index (χ0) is 36.0. The summed E-state index contributed by atoms with van der Waals surface area (Å²) in [5.41, 5.74) is 12.5. The number of hydrogen-bond donors (Lipinski definition) is 0. The molecule has 12 aromatic rings. The minimum absolute atomic E-state index is 0.844. The number of hydrogen-bond acceptors (Lipinski definition) is 6. The average Bonchev–Trinajstić information content (AvgIpc) is 4.02. The third kappa shape index (κ3) is 4.75. The Bertz CT molecular complexity index is 3330. The zero-order valence-electron chi connectivity index (χ0n) is 29.2. The summed E-state index contributed by atoms with van der Waals surface area (Å²) in [5, 5.41) is 7.63. The van der Waals surface area contributed by atoms with Crippen molar-refractivity contribution >= 4 is 104 Å². The minimum atomic E-state index is 0.844. The molecule has 0 aliphatic rings. The van der Waals surface area contributed by atoms with Crippen LogP contribution in [0.1, 0.15) is 0 Å². The van der Waals surface area contributed by atoms with Crippen LogP contribution < -0.4 is 4.90 Å². The van der Waals surface area contributed by atoms with Crippen molar-refractivity contribution in [1.29, 1.82) is 0 Å². The van der Waals surface area contributed by atoms with Crippen molar-refractivity contribution in [3.05, 3.63) is 170 Å². The Morgan fingerprint density at radius 3 is 1.62 bits per heavy atom. The molecule has 4 heterocycles. The fourth-order valence-corrected chi connectivity index (χ4v) is 9.21. The highest BCUT2D eigenvalue weighted by Crippen LogP contribution is 2.43. The largest absolute Gasteiger partial charge is 0.456 e. The summed E-state index contributed by atoms with van der Waals surface area (Å²) in [4.78, 5) is 7.22. The van der Waals surface area contributed by atoms with Gasteiger partial charge in [0, 0.05) is 67.1 Å². The van der Waals surface area contributed by atoms with Gasteiger partial charge in [-0.2, -0.15) is 0 Å². The van der Waals surface area contributed by atoms with Gasteiger partial charge in [0.2, 0.25) is 0 Å². The van der Waals surface area contributed by atoms with Gasteiger partial charge in [0.05, 0.1) is 10.2 Å². The van der Waals surface area contributed by atoms with Crippen molar-refractivity contribution in [2.24, 2.45) is 0 Å². The van der Waals surface area contributed by atoms with Gasteiger partial charge < -0.3 is 18.2 Å². The standard InChI is InChI=1S/C49H28N2O3S/c1-2-8-30(9-3-1)49-50-40-24-25-43-47(48(40)55-49)39-21-16-31(26-44(39)54-43)29-14-17-32(18-15-29)51(33-19-22-37-35-10-4-6-12-41(35)52-45(37)27-33)34-20-23-38-36-11-5-7-13-42(36)53-46(38)28-34/h1-28H. The average molecular weight is 725 g/mol. The molecule has 0 N–H and O–H groups in total. The van der Waals surface area contributed by atoms with E-state index < -0.39 is 0 Å². The van der Waals surface area contributed by atoms with Gasteiger partial charge in [-0.3, -0.25) is 0 Å². The molecule has 4 aromatic heterocycles. The molecule has 0 spiro atoms. The van der Waals surface area contributed by atoms with Gasteiger partial charge in [-0.05, 0) is 83.9 Å². The van der Waals surface area contributed by atoms with Gasteiger partial charge in [0.25, 0.3) is 0 Å². The van der Waals surface area contributed by atoms with Crippen LogP contribution in [0, 0.1) is 0 Å². The first-order valence-electron chi connectivity index (χ1n) is 18.3. The van der Waals surface area contributed by atoms with Crippen LogP contribution in [0.2, 0.25) is 0 Å². The van der Waals surface area contributed by atoms with Crippen molar-refractivity contribution in [2.45, 2.75) is 0 Å². The molecule has 0 saturated heterocycles. The van der Waals surface area contributed by atoms with Crippen LogP contribution in [0.3, 0.4) is 0 Å². The van der Waals surface area contributed by atoms with Crippen LogP contribution in [-0.4, -0.2) is 4.98 Å². The second-order valence-corrected chi connectivity index (χ2v) is 14.9. The highest BCUT2D eigenvalue weighted by atomic mass is 32.1. The number of thiazole rings is 1. The van der Waals surface area contributed by atoms with E-state index in [1.54, 1.807) is 11.3 Å². The Hall–Kier alpha value is -7.15. The quantitative estimate of drug-likeness (QED) is 0.177. The summed E-state index contributed by atoms with van der Waals surface area (Å²) in [6, 6.07) is 59.0. The van der Waals surface area contributed by atoms with Crippen LogP contribution in [0.15, 0.2) is 183 Å². The number of para-hydroxylation sites is 2. The summed E-state index contributed by atoms with van der Waals surface area (Å²) in [6.07, 6.45) is 0. The number of nitrogens with zero attached hydrogens (tertiary/aromatic N) is 2. The normalized spacial score (nSPS) is 12.0. The van der Waals surface area contributed by atoms with Crippen LogP contribution in [0.25, 0.3) is 97.7 Å². The number of fused-ring (bicyclic) bond motifs is 11. The zero-order valence-corrected chi connectivity index (χ0v) is 30.0. The van der Waals surface area contributed by atoms with Crippen molar-refractivity contribution in [2.75, 3.05) is 4.90 Å². The monoisotopic (exact) mass is 724 g/mol. The molecule has 55 heavy (non-hydrogen) atoms. The summed E-state index contributed by atoms with van der Waals surface area (Å²) >= 11 is 1.72. The SMILES string of the molecule is c1ccc(-c2nc3ccc4oc5cc(-c6ccc(N(c7ccc8c(c7)oc7ccccc78)c7ccc8c(c7)oc7ccccc78)cc6)ccc5c4c3s2)cc1. The molecule has 12 rings (SSSR count). The van der Waals surface area contributed by atoms with Crippen molar-refractivity contribution in [3.63, 3.8) is 0 Å². The molecule has 0 bridgehead atoms. The van der Waals surface area contributed by atoms with E-state index >= 15 is 0 Å². The Morgan fingerprint density at radius 1 is 0.382 bits per heavy atom. The Labute approximate surface area is 317 Å². The maximum absolute atomic E-state index is 6.48. The Kier molecular flexibility index (Phi) is 6.44. The predicted octanol–water partition coefficient (Wildman–Crippen LogP) is 14.8. The molecule has 0 radical (unpaired) electrons. The van der Waals surface area contributed by atoms with Crippen molar-refractivity contribution in [3.8, 4) is 21.7 Å². The second kappa shape index (κ2) is 11.7. The van der Waals surface area contributed by atoms with Crippen LogP contribution in [0.4, 0.5) is 17.1 Å². The first-order valence-corrected chi connectivity index (χ1v) is 19.1. The third-order valence-electron chi connectivity index (χ3n) is 10.7. The van der Waals surface area contributed by atoms with Gasteiger partial charge in [-0.25, -0.2) is 4.98 Å². The lowest BCUT2D eigenvalue weighted by molar-refractivity contribution is 0.668.